The summed E-state index contributed by atoms with van der Waals surface area (Å²) in [6.07, 6.45) is 0. The molecule has 1 aromatic heterocycles. The standard InChI is InChI=1S/C19H16N2O6S/c1-25-15-7-8-17(16(9-15)21(23)24)27-10-14-11-28-18(20-14)12-3-5-13(6-4-12)19(22)26-2/h3-9,11H,10H2,1-2H3. The lowest BCUT2D eigenvalue weighted by Gasteiger charge is -2.06. The second-order valence-electron chi connectivity index (χ2n) is 5.59. The van der Waals surface area contributed by atoms with Crippen molar-refractivity contribution in [2.24, 2.45) is 0 Å². The molecule has 0 aliphatic heterocycles. The number of esters is 1. The van der Waals surface area contributed by atoms with Gasteiger partial charge in [0.1, 0.15) is 17.4 Å². The molecule has 0 saturated heterocycles. The molecule has 0 bridgehead atoms. The normalized spacial score (nSPS) is 10.4. The van der Waals surface area contributed by atoms with Crippen molar-refractivity contribution in [2.75, 3.05) is 14.2 Å². The van der Waals surface area contributed by atoms with Crippen molar-refractivity contribution in [3.05, 3.63) is 69.2 Å². The van der Waals surface area contributed by atoms with E-state index in [0.717, 1.165) is 10.6 Å². The Morgan fingerprint density at radius 1 is 1.18 bits per heavy atom. The van der Waals surface area contributed by atoms with Gasteiger partial charge in [0.2, 0.25) is 0 Å². The summed E-state index contributed by atoms with van der Waals surface area (Å²) in [5.41, 5.74) is 1.77. The largest absolute Gasteiger partial charge is 0.496 e. The van der Waals surface area contributed by atoms with Crippen LogP contribution in [0.25, 0.3) is 10.6 Å². The molecule has 2 aromatic carbocycles. The Hall–Kier alpha value is -3.46. The third kappa shape index (κ3) is 4.26. The van der Waals surface area contributed by atoms with Crippen molar-refractivity contribution in [3.63, 3.8) is 0 Å². The van der Waals surface area contributed by atoms with E-state index in [1.54, 1.807) is 30.3 Å². The fourth-order valence-electron chi connectivity index (χ4n) is 2.41. The van der Waals surface area contributed by atoms with Crippen molar-refractivity contribution >= 4 is 23.0 Å². The number of carbonyl (C=O) groups excluding carboxylic acids is 1. The number of nitro benzene ring substituents is 1. The van der Waals surface area contributed by atoms with Gasteiger partial charge in [-0.3, -0.25) is 10.1 Å². The number of thiazole rings is 1. The Kier molecular flexibility index (Phi) is 5.85. The van der Waals surface area contributed by atoms with Crippen LogP contribution >= 0.6 is 11.3 Å². The van der Waals surface area contributed by atoms with Crippen LogP contribution < -0.4 is 9.47 Å². The van der Waals surface area contributed by atoms with Gasteiger partial charge < -0.3 is 14.2 Å². The average Bonchev–Trinajstić information content (AvgIpc) is 3.20. The zero-order valence-electron chi connectivity index (χ0n) is 15.1. The van der Waals surface area contributed by atoms with E-state index in [1.807, 2.05) is 5.38 Å². The molecule has 3 rings (SSSR count). The summed E-state index contributed by atoms with van der Waals surface area (Å²) in [6.45, 7) is 0.0872. The number of hydrogen-bond donors (Lipinski definition) is 0. The third-order valence-electron chi connectivity index (χ3n) is 3.84. The lowest BCUT2D eigenvalue weighted by molar-refractivity contribution is -0.386. The third-order valence-corrected chi connectivity index (χ3v) is 4.78. The van der Waals surface area contributed by atoms with E-state index >= 15 is 0 Å². The predicted molar refractivity (Wildman–Crippen MR) is 103 cm³/mol. The molecular weight excluding hydrogens is 384 g/mol. The zero-order valence-corrected chi connectivity index (χ0v) is 15.9. The molecule has 0 aliphatic rings. The van der Waals surface area contributed by atoms with Gasteiger partial charge in [-0.15, -0.1) is 11.3 Å². The van der Waals surface area contributed by atoms with Crippen LogP contribution in [0.1, 0.15) is 16.1 Å². The Balaban J connectivity index is 1.72. The van der Waals surface area contributed by atoms with Crippen LogP contribution in [0.5, 0.6) is 11.5 Å². The number of rotatable bonds is 7. The molecular formula is C19H16N2O6S. The number of ether oxygens (including phenoxy) is 3. The van der Waals surface area contributed by atoms with Crippen LogP contribution in [-0.2, 0) is 11.3 Å². The van der Waals surface area contributed by atoms with Crippen LogP contribution in [-0.4, -0.2) is 30.1 Å². The first-order chi connectivity index (χ1) is 13.5. The second kappa shape index (κ2) is 8.49. The maximum absolute atomic E-state index is 11.5. The van der Waals surface area contributed by atoms with Gasteiger partial charge in [-0.1, -0.05) is 12.1 Å². The molecule has 0 atom stereocenters. The van der Waals surface area contributed by atoms with Gasteiger partial charge in [0.25, 0.3) is 0 Å². The predicted octanol–water partition coefficient (Wildman–Crippen LogP) is 4.09. The number of methoxy groups -OCH3 is 2. The van der Waals surface area contributed by atoms with Crippen LogP contribution in [0, 0.1) is 10.1 Å². The Labute approximate surface area is 164 Å². The molecule has 0 saturated carbocycles. The first-order valence-electron chi connectivity index (χ1n) is 8.10. The summed E-state index contributed by atoms with van der Waals surface area (Å²) in [7, 11) is 2.77. The highest BCUT2D eigenvalue weighted by atomic mass is 32.1. The van der Waals surface area contributed by atoms with E-state index in [0.29, 0.717) is 17.0 Å². The molecule has 0 spiro atoms. The molecule has 3 aromatic rings. The van der Waals surface area contributed by atoms with E-state index in [1.165, 1.54) is 37.7 Å². The molecule has 0 radical (unpaired) electrons. The number of aromatic nitrogens is 1. The van der Waals surface area contributed by atoms with Gasteiger partial charge >= 0.3 is 11.7 Å². The quantitative estimate of drug-likeness (QED) is 0.334. The number of benzene rings is 2. The monoisotopic (exact) mass is 400 g/mol. The number of hydrogen-bond acceptors (Lipinski definition) is 8. The van der Waals surface area contributed by atoms with E-state index in [4.69, 9.17) is 9.47 Å². The minimum atomic E-state index is -0.521. The van der Waals surface area contributed by atoms with E-state index < -0.39 is 10.9 Å². The molecule has 1 heterocycles. The summed E-state index contributed by atoms with van der Waals surface area (Å²) < 4.78 is 15.3. The molecule has 0 aliphatic carbocycles. The van der Waals surface area contributed by atoms with E-state index in [2.05, 4.69) is 9.72 Å². The number of nitrogens with zero attached hydrogens (tertiary/aromatic N) is 2. The van der Waals surface area contributed by atoms with Crippen LogP contribution in [0.3, 0.4) is 0 Å². The minimum absolute atomic E-state index is 0.0872. The van der Waals surface area contributed by atoms with Crippen LogP contribution in [0.2, 0.25) is 0 Å². The molecule has 0 unspecified atom stereocenters. The van der Waals surface area contributed by atoms with E-state index in [-0.39, 0.29) is 18.0 Å². The van der Waals surface area contributed by atoms with Crippen molar-refractivity contribution in [3.8, 4) is 22.1 Å². The summed E-state index contributed by atoms with van der Waals surface area (Å²) >= 11 is 1.41. The van der Waals surface area contributed by atoms with Gasteiger partial charge in [0, 0.05) is 10.9 Å². The van der Waals surface area contributed by atoms with Crippen LogP contribution in [0.15, 0.2) is 47.8 Å². The summed E-state index contributed by atoms with van der Waals surface area (Å²) in [5, 5.41) is 13.8. The minimum Gasteiger partial charge on any atom is -0.496 e. The summed E-state index contributed by atoms with van der Waals surface area (Å²) in [4.78, 5) is 26.7. The summed E-state index contributed by atoms with van der Waals surface area (Å²) in [5.74, 6) is 0.119. The highest BCUT2D eigenvalue weighted by molar-refractivity contribution is 7.13. The van der Waals surface area contributed by atoms with Gasteiger partial charge in [0.15, 0.2) is 5.75 Å². The molecule has 0 fully saturated rings. The molecule has 0 amide bonds. The van der Waals surface area contributed by atoms with Gasteiger partial charge in [-0.05, 0) is 24.3 Å². The van der Waals surface area contributed by atoms with Gasteiger partial charge in [-0.2, -0.15) is 0 Å². The zero-order chi connectivity index (χ0) is 20.1. The van der Waals surface area contributed by atoms with Crippen molar-refractivity contribution in [1.82, 2.24) is 4.98 Å². The first kappa shape index (κ1) is 19.3. The van der Waals surface area contributed by atoms with Crippen molar-refractivity contribution in [2.45, 2.75) is 6.61 Å². The Morgan fingerprint density at radius 2 is 1.93 bits per heavy atom. The lowest BCUT2D eigenvalue weighted by Crippen LogP contribution is -2.00. The van der Waals surface area contributed by atoms with E-state index in [9.17, 15) is 14.9 Å². The molecule has 28 heavy (non-hydrogen) atoms. The topological polar surface area (TPSA) is 101 Å². The fraction of sp³-hybridized carbons (Fsp3) is 0.158. The van der Waals surface area contributed by atoms with Gasteiger partial charge in [-0.25, -0.2) is 9.78 Å². The maximum Gasteiger partial charge on any atom is 0.337 e. The Morgan fingerprint density at radius 3 is 2.57 bits per heavy atom. The number of carbonyl (C=O) groups is 1. The lowest BCUT2D eigenvalue weighted by atomic mass is 10.1. The Bertz CT molecular complexity index is 1000. The molecule has 144 valence electrons. The van der Waals surface area contributed by atoms with Crippen molar-refractivity contribution < 1.29 is 23.9 Å². The highest BCUT2D eigenvalue weighted by Gasteiger charge is 2.17. The smallest absolute Gasteiger partial charge is 0.337 e. The fourth-order valence-corrected chi connectivity index (χ4v) is 3.22. The van der Waals surface area contributed by atoms with Crippen molar-refractivity contribution in [1.29, 1.82) is 0 Å². The maximum atomic E-state index is 11.5. The summed E-state index contributed by atoms with van der Waals surface area (Å²) in [6, 6.07) is 11.3. The number of nitro groups is 1. The van der Waals surface area contributed by atoms with Gasteiger partial charge in [0.05, 0.1) is 36.5 Å². The highest BCUT2D eigenvalue weighted by Crippen LogP contribution is 2.32. The molecule has 8 nitrogen and oxygen atoms in total. The average molecular weight is 400 g/mol. The molecule has 9 heteroatoms. The molecule has 0 N–H and O–H groups in total. The van der Waals surface area contributed by atoms with Crippen LogP contribution in [0.4, 0.5) is 5.69 Å². The first-order valence-corrected chi connectivity index (χ1v) is 8.98. The SMILES string of the molecule is COC(=O)c1ccc(-c2nc(COc3ccc(OC)cc3[N+](=O)[O-])cs2)cc1. The second-order valence-corrected chi connectivity index (χ2v) is 6.45.